The Morgan fingerprint density at radius 1 is 1.36 bits per heavy atom. The van der Waals surface area contributed by atoms with Crippen molar-refractivity contribution >= 4 is 11.9 Å². The Labute approximate surface area is 132 Å². The van der Waals surface area contributed by atoms with Gasteiger partial charge >= 0.3 is 5.97 Å². The van der Waals surface area contributed by atoms with Crippen molar-refractivity contribution < 1.29 is 14.7 Å². The third kappa shape index (κ3) is 3.49. The lowest BCUT2D eigenvalue weighted by atomic mass is 9.88. The number of aliphatic carboxylic acids is 1. The topological polar surface area (TPSA) is 57.6 Å². The SMILES string of the molecule is Cc1ccccc1C(C)CC(=O)N1CCC[C@H](C(=O)O)[C@@H]1C. The van der Waals surface area contributed by atoms with Gasteiger partial charge in [-0.15, -0.1) is 0 Å². The first-order valence-corrected chi connectivity index (χ1v) is 7.99. The van der Waals surface area contributed by atoms with Crippen LogP contribution in [-0.4, -0.2) is 34.5 Å². The Morgan fingerprint density at radius 3 is 2.68 bits per heavy atom. The van der Waals surface area contributed by atoms with E-state index in [1.165, 1.54) is 11.1 Å². The summed E-state index contributed by atoms with van der Waals surface area (Å²) in [6.07, 6.45) is 1.86. The minimum absolute atomic E-state index is 0.0641. The smallest absolute Gasteiger partial charge is 0.308 e. The molecule has 1 aromatic rings. The van der Waals surface area contributed by atoms with Crippen LogP contribution in [0.1, 0.15) is 50.2 Å². The van der Waals surface area contributed by atoms with Crippen LogP contribution in [0.4, 0.5) is 0 Å². The number of carboxylic acids is 1. The van der Waals surface area contributed by atoms with Gasteiger partial charge in [0.05, 0.1) is 5.92 Å². The lowest BCUT2D eigenvalue weighted by Gasteiger charge is -2.38. The third-order valence-corrected chi connectivity index (χ3v) is 4.83. The molecule has 1 unspecified atom stereocenters. The molecule has 1 aliphatic rings. The molecule has 2 rings (SSSR count). The monoisotopic (exact) mass is 303 g/mol. The standard InChI is InChI=1S/C18H25NO3/c1-12-7-4-5-8-15(12)13(2)11-17(20)19-10-6-9-16(14(19)3)18(21)22/h4-5,7-8,13-14,16H,6,9-11H2,1-3H3,(H,21,22)/t13?,14-,16-/m0/s1. The van der Waals surface area contributed by atoms with Gasteiger partial charge in [0.1, 0.15) is 0 Å². The summed E-state index contributed by atoms with van der Waals surface area (Å²) in [4.78, 5) is 25.6. The van der Waals surface area contributed by atoms with Gasteiger partial charge in [0.2, 0.25) is 5.91 Å². The molecule has 0 radical (unpaired) electrons. The zero-order valence-electron chi connectivity index (χ0n) is 13.6. The van der Waals surface area contributed by atoms with Crippen molar-refractivity contribution in [3.8, 4) is 0 Å². The molecule has 0 aliphatic carbocycles. The molecule has 1 saturated heterocycles. The first-order chi connectivity index (χ1) is 10.4. The average Bonchev–Trinajstić information content (AvgIpc) is 2.47. The van der Waals surface area contributed by atoms with E-state index in [2.05, 4.69) is 26.0 Å². The molecule has 3 atom stereocenters. The Morgan fingerprint density at radius 2 is 2.05 bits per heavy atom. The van der Waals surface area contributed by atoms with Gasteiger partial charge in [-0.1, -0.05) is 31.2 Å². The number of piperidine rings is 1. The van der Waals surface area contributed by atoms with E-state index < -0.39 is 11.9 Å². The second-order valence-corrected chi connectivity index (χ2v) is 6.38. The number of likely N-dealkylation sites (tertiary alicyclic amines) is 1. The number of hydrogen-bond acceptors (Lipinski definition) is 2. The Kier molecular flexibility index (Phi) is 5.22. The highest BCUT2D eigenvalue weighted by molar-refractivity contribution is 5.79. The van der Waals surface area contributed by atoms with E-state index >= 15 is 0 Å². The molecule has 0 saturated carbocycles. The van der Waals surface area contributed by atoms with Crippen LogP contribution >= 0.6 is 0 Å². The second-order valence-electron chi connectivity index (χ2n) is 6.38. The molecule has 0 spiro atoms. The van der Waals surface area contributed by atoms with Crippen molar-refractivity contribution in [3.63, 3.8) is 0 Å². The van der Waals surface area contributed by atoms with Crippen LogP contribution in [0.15, 0.2) is 24.3 Å². The van der Waals surface area contributed by atoms with Crippen molar-refractivity contribution in [3.05, 3.63) is 35.4 Å². The lowest BCUT2D eigenvalue weighted by molar-refractivity contribution is -0.149. The maximum Gasteiger partial charge on any atom is 0.308 e. The predicted octanol–water partition coefficient (Wildman–Crippen LogP) is 3.20. The normalized spacial score (nSPS) is 23.1. The van der Waals surface area contributed by atoms with Crippen LogP contribution in [0.2, 0.25) is 0 Å². The molecule has 1 fully saturated rings. The van der Waals surface area contributed by atoms with E-state index in [9.17, 15) is 14.7 Å². The molecule has 1 aliphatic heterocycles. The molecule has 120 valence electrons. The maximum atomic E-state index is 12.6. The maximum absolute atomic E-state index is 12.6. The van der Waals surface area contributed by atoms with Gasteiger partial charge in [0.15, 0.2) is 0 Å². The lowest BCUT2D eigenvalue weighted by Crippen LogP contribution is -2.49. The molecule has 1 N–H and O–H groups in total. The summed E-state index contributed by atoms with van der Waals surface area (Å²) in [5.74, 6) is -1.02. The van der Waals surface area contributed by atoms with Crippen molar-refractivity contribution in [2.24, 2.45) is 5.92 Å². The van der Waals surface area contributed by atoms with Crippen molar-refractivity contribution in [2.45, 2.75) is 52.0 Å². The summed E-state index contributed by atoms with van der Waals surface area (Å²) in [6, 6.07) is 7.89. The number of nitrogens with zero attached hydrogens (tertiary/aromatic N) is 1. The van der Waals surface area contributed by atoms with E-state index in [4.69, 9.17) is 0 Å². The van der Waals surface area contributed by atoms with Crippen LogP contribution in [-0.2, 0) is 9.59 Å². The molecule has 4 heteroatoms. The summed E-state index contributed by atoms with van der Waals surface area (Å²) in [5, 5.41) is 9.27. The van der Waals surface area contributed by atoms with Crippen molar-refractivity contribution in [2.75, 3.05) is 6.54 Å². The molecule has 0 bridgehead atoms. The summed E-state index contributed by atoms with van der Waals surface area (Å²) in [7, 11) is 0. The fourth-order valence-corrected chi connectivity index (χ4v) is 3.45. The molecular formula is C18H25NO3. The fraction of sp³-hybridized carbons (Fsp3) is 0.556. The largest absolute Gasteiger partial charge is 0.481 e. The number of hydrogen-bond donors (Lipinski definition) is 1. The average molecular weight is 303 g/mol. The van der Waals surface area contributed by atoms with E-state index in [-0.39, 0.29) is 17.9 Å². The molecule has 1 amide bonds. The van der Waals surface area contributed by atoms with Crippen LogP contribution in [0, 0.1) is 12.8 Å². The number of carbonyl (C=O) groups is 2. The minimum atomic E-state index is -0.794. The molecule has 1 aromatic carbocycles. The van der Waals surface area contributed by atoms with Gasteiger partial charge in [-0.2, -0.15) is 0 Å². The van der Waals surface area contributed by atoms with Crippen LogP contribution < -0.4 is 0 Å². The zero-order chi connectivity index (χ0) is 16.3. The summed E-state index contributed by atoms with van der Waals surface area (Å²) in [6.45, 7) is 6.64. The van der Waals surface area contributed by atoms with Crippen molar-refractivity contribution in [1.82, 2.24) is 4.90 Å². The fourth-order valence-electron chi connectivity index (χ4n) is 3.45. The van der Waals surface area contributed by atoms with E-state index in [0.717, 1.165) is 6.42 Å². The molecular weight excluding hydrogens is 278 g/mol. The summed E-state index contributed by atoms with van der Waals surface area (Å²) < 4.78 is 0. The molecule has 0 aromatic heterocycles. The molecule has 1 heterocycles. The number of aryl methyl sites for hydroxylation is 1. The highest BCUT2D eigenvalue weighted by Crippen LogP contribution is 2.28. The van der Waals surface area contributed by atoms with Crippen LogP contribution in [0.3, 0.4) is 0 Å². The number of carbonyl (C=O) groups excluding carboxylic acids is 1. The van der Waals surface area contributed by atoms with Crippen LogP contribution in [0.5, 0.6) is 0 Å². The first-order valence-electron chi connectivity index (χ1n) is 7.99. The predicted molar refractivity (Wildman–Crippen MR) is 85.7 cm³/mol. The van der Waals surface area contributed by atoms with Gasteiger partial charge in [0.25, 0.3) is 0 Å². The van der Waals surface area contributed by atoms with Gasteiger partial charge in [0, 0.05) is 19.0 Å². The molecule has 22 heavy (non-hydrogen) atoms. The second kappa shape index (κ2) is 6.95. The number of carboxylic acid groups (broad SMARTS) is 1. The highest BCUT2D eigenvalue weighted by Gasteiger charge is 2.35. The van der Waals surface area contributed by atoms with Gasteiger partial charge in [-0.05, 0) is 43.7 Å². The summed E-state index contributed by atoms with van der Waals surface area (Å²) >= 11 is 0. The van der Waals surface area contributed by atoms with E-state index in [0.29, 0.717) is 19.4 Å². The first kappa shape index (κ1) is 16.5. The summed E-state index contributed by atoms with van der Waals surface area (Å²) in [5.41, 5.74) is 2.38. The van der Waals surface area contributed by atoms with Gasteiger partial charge < -0.3 is 10.0 Å². The molecule has 4 nitrogen and oxygen atoms in total. The van der Waals surface area contributed by atoms with Crippen molar-refractivity contribution in [1.29, 1.82) is 0 Å². The number of benzene rings is 1. The Balaban J connectivity index is 2.05. The van der Waals surface area contributed by atoms with Crippen LogP contribution in [0.25, 0.3) is 0 Å². The Hall–Kier alpha value is -1.84. The Bertz CT molecular complexity index is 555. The van der Waals surface area contributed by atoms with Gasteiger partial charge in [-0.25, -0.2) is 0 Å². The quantitative estimate of drug-likeness (QED) is 0.929. The zero-order valence-corrected chi connectivity index (χ0v) is 13.6. The highest BCUT2D eigenvalue weighted by atomic mass is 16.4. The van der Waals surface area contributed by atoms with Gasteiger partial charge in [-0.3, -0.25) is 9.59 Å². The van der Waals surface area contributed by atoms with E-state index in [1.807, 2.05) is 19.1 Å². The minimum Gasteiger partial charge on any atom is -0.481 e. The third-order valence-electron chi connectivity index (χ3n) is 4.83. The van der Waals surface area contributed by atoms with E-state index in [1.54, 1.807) is 4.90 Å². The number of amides is 1. The number of rotatable bonds is 4.